The van der Waals surface area contributed by atoms with Gasteiger partial charge in [-0.05, 0) is 65.2 Å². The minimum atomic E-state index is -4.07. The number of hydrogen-bond acceptors (Lipinski definition) is 6. The molecule has 0 saturated heterocycles. The van der Waals surface area contributed by atoms with Gasteiger partial charge in [0.05, 0.1) is 17.2 Å². The predicted octanol–water partition coefficient (Wildman–Crippen LogP) is 4.41. The van der Waals surface area contributed by atoms with E-state index in [1.54, 1.807) is 24.3 Å². The molecule has 1 heterocycles. The van der Waals surface area contributed by atoms with Crippen molar-refractivity contribution in [3.8, 4) is 5.75 Å². The number of guanidine groups is 1. The van der Waals surface area contributed by atoms with Gasteiger partial charge in [0.2, 0.25) is 5.96 Å². The van der Waals surface area contributed by atoms with Crippen LogP contribution in [-0.4, -0.2) is 41.9 Å². The number of halogens is 1. The van der Waals surface area contributed by atoms with Gasteiger partial charge >= 0.3 is 0 Å². The molecule has 1 aliphatic heterocycles. The molecule has 210 valence electrons. The van der Waals surface area contributed by atoms with Crippen molar-refractivity contribution in [2.24, 2.45) is 15.2 Å². The summed E-state index contributed by atoms with van der Waals surface area (Å²) in [7, 11) is -4.07. The van der Waals surface area contributed by atoms with Crippen molar-refractivity contribution in [3.63, 3.8) is 0 Å². The monoisotopic (exact) mass is 590 g/mol. The maximum Gasteiger partial charge on any atom is 0.285 e. The summed E-state index contributed by atoms with van der Waals surface area (Å²) in [6.45, 7) is 0.610. The highest BCUT2D eigenvalue weighted by molar-refractivity contribution is 7.90. The molecule has 0 fully saturated rings. The van der Waals surface area contributed by atoms with Crippen LogP contribution < -0.4 is 10.5 Å². The van der Waals surface area contributed by atoms with Gasteiger partial charge in [0, 0.05) is 16.5 Å². The Labute approximate surface area is 242 Å². The van der Waals surface area contributed by atoms with E-state index in [1.807, 2.05) is 54.6 Å². The van der Waals surface area contributed by atoms with Crippen molar-refractivity contribution in [1.82, 2.24) is 5.01 Å². The van der Waals surface area contributed by atoms with Crippen LogP contribution in [0.5, 0.6) is 5.75 Å². The Kier molecular flexibility index (Phi) is 8.36. The molecule has 1 aliphatic rings. The predicted molar refractivity (Wildman–Crippen MR) is 157 cm³/mol. The number of hydrogen-bond donors (Lipinski definition) is 3. The highest BCUT2D eigenvalue weighted by Gasteiger charge is 2.31. The Morgan fingerprint density at radius 3 is 2.27 bits per heavy atom. The number of nitrogens with two attached hydrogens (primary N) is 1. The Balaban J connectivity index is 1.37. The highest BCUT2D eigenvalue weighted by atomic mass is 35.5. The first-order valence-corrected chi connectivity index (χ1v) is 14.5. The quantitative estimate of drug-likeness (QED) is 0.157. The van der Waals surface area contributed by atoms with Gasteiger partial charge < -0.3 is 20.7 Å². The molecule has 1 atom stereocenters. The Morgan fingerprint density at radius 2 is 1.63 bits per heavy atom. The molecule has 4 aromatic rings. The summed E-state index contributed by atoms with van der Waals surface area (Å²) in [5, 5.41) is 25.0. The van der Waals surface area contributed by atoms with Gasteiger partial charge in [-0.2, -0.15) is 13.5 Å². The minimum Gasteiger partial charge on any atom is -0.489 e. The van der Waals surface area contributed by atoms with E-state index in [-0.39, 0.29) is 16.8 Å². The minimum absolute atomic E-state index is 0.0228. The Bertz CT molecular complexity index is 1660. The number of sulfonamides is 1. The van der Waals surface area contributed by atoms with Crippen LogP contribution in [0, 0.1) is 0 Å². The van der Waals surface area contributed by atoms with Crippen LogP contribution in [0.2, 0.25) is 5.02 Å². The zero-order valence-electron chi connectivity index (χ0n) is 21.7. The van der Waals surface area contributed by atoms with Crippen molar-refractivity contribution in [2.75, 3.05) is 6.54 Å². The molecule has 0 aliphatic carbocycles. The fraction of sp³-hybridized carbons (Fsp3) is 0.133. The Morgan fingerprint density at radius 1 is 0.976 bits per heavy atom. The molecule has 9 nitrogen and oxygen atoms in total. The van der Waals surface area contributed by atoms with E-state index in [1.165, 1.54) is 29.3 Å². The zero-order chi connectivity index (χ0) is 29.0. The number of nitrogens with zero attached hydrogens (tertiary/aromatic N) is 3. The number of rotatable bonds is 8. The largest absolute Gasteiger partial charge is 0.489 e. The third-order valence-electron chi connectivity index (χ3n) is 6.54. The van der Waals surface area contributed by atoms with Gasteiger partial charge in [0.1, 0.15) is 12.4 Å². The summed E-state index contributed by atoms with van der Waals surface area (Å²) in [5.41, 5.74) is 9.99. The van der Waals surface area contributed by atoms with Gasteiger partial charge in [-0.1, -0.05) is 66.2 Å². The van der Waals surface area contributed by atoms with Crippen LogP contribution in [0.15, 0.2) is 118 Å². The molecule has 0 aromatic heterocycles. The van der Waals surface area contributed by atoms with Crippen molar-refractivity contribution < 1.29 is 23.4 Å². The number of hydrazone groups is 1. The lowest BCUT2D eigenvalue weighted by Gasteiger charge is -2.16. The van der Waals surface area contributed by atoms with E-state index < -0.39 is 16.3 Å². The fourth-order valence-electron chi connectivity index (χ4n) is 4.36. The second-order valence-electron chi connectivity index (χ2n) is 9.34. The summed E-state index contributed by atoms with van der Waals surface area (Å²) >= 11 is 5.89. The van der Waals surface area contributed by atoms with Crippen LogP contribution in [-0.2, 0) is 16.6 Å². The van der Waals surface area contributed by atoms with Gasteiger partial charge in [-0.15, -0.1) is 4.40 Å². The van der Waals surface area contributed by atoms with Crippen LogP contribution >= 0.6 is 11.6 Å². The van der Waals surface area contributed by atoms with Gasteiger partial charge in [0.15, 0.2) is 6.29 Å². The van der Waals surface area contributed by atoms with Crippen LogP contribution in [0.4, 0.5) is 0 Å². The lowest BCUT2D eigenvalue weighted by molar-refractivity contribution is -0.0425. The summed E-state index contributed by atoms with van der Waals surface area (Å²) in [5.74, 6) is 0.216. The topological polar surface area (TPSA) is 138 Å². The molecular weight excluding hydrogens is 564 g/mol. The first-order valence-electron chi connectivity index (χ1n) is 12.6. The molecule has 0 saturated carbocycles. The maximum atomic E-state index is 12.8. The third kappa shape index (κ3) is 6.75. The molecule has 0 amide bonds. The molecule has 41 heavy (non-hydrogen) atoms. The van der Waals surface area contributed by atoms with Gasteiger partial charge in [-0.25, -0.2) is 5.01 Å². The molecule has 1 unspecified atom stereocenters. The summed E-state index contributed by atoms with van der Waals surface area (Å²) in [6, 6.07) is 29.7. The van der Waals surface area contributed by atoms with E-state index in [9.17, 15) is 18.6 Å². The average Bonchev–Trinajstić information content (AvgIpc) is 3.43. The average molecular weight is 591 g/mol. The smallest absolute Gasteiger partial charge is 0.285 e. The molecule has 5 rings (SSSR count). The third-order valence-corrected chi connectivity index (χ3v) is 8.09. The van der Waals surface area contributed by atoms with E-state index in [0.29, 0.717) is 35.2 Å². The van der Waals surface area contributed by atoms with E-state index in [0.717, 1.165) is 16.7 Å². The molecular formula is C30H27ClN4O5S. The van der Waals surface area contributed by atoms with Crippen molar-refractivity contribution in [1.29, 1.82) is 0 Å². The second-order valence-corrected chi connectivity index (χ2v) is 11.4. The first kappa shape index (κ1) is 28.3. The van der Waals surface area contributed by atoms with E-state index in [2.05, 4.69) is 9.50 Å². The SMILES string of the molecule is N/C(=N\S(=O)(=O)c1ccc(Cl)cc1)N1CC(c2ccccc2)C(c2ccc(OCc3ccc(C(O)O)cc3)cc2)=N1. The van der Waals surface area contributed by atoms with Crippen molar-refractivity contribution >= 4 is 33.3 Å². The summed E-state index contributed by atoms with van der Waals surface area (Å²) in [6.07, 6.45) is -1.51. The molecule has 0 bridgehead atoms. The molecule has 0 radical (unpaired) electrons. The number of ether oxygens (including phenoxy) is 1. The zero-order valence-corrected chi connectivity index (χ0v) is 23.3. The fourth-order valence-corrected chi connectivity index (χ4v) is 5.41. The molecule has 11 heteroatoms. The first-order chi connectivity index (χ1) is 19.7. The lowest BCUT2D eigenvalue weighted by atomic mass is 9.90. The lowest BCUT2D eigenvalue weighted by Crippen LogP contribution is -2.33. The van der Waals surface area contributed by atoms with Gasteiger partial charge in [0.25, 0.3) is 10.0 Å². The molecule has 4 aromatic carbocycles. The maximum absolute atomic E-state index is 12.8. The van der Waals surface area contributed by atoms with Crippen LogP contribution in [0.1, 0.15) is 34.5 Å². The molecule has 4 N–H and O–H groups in total. The number of aliphatic hydroxyl groups excluding tert-OH is 1. The number of aliphatic hydroxyl groups is 2. The van der Waals surface area contributed by atoms with E-state index >= 15 is 0 Å². The normalized spacial score (nSPS) is 15.7. The van der Waals surface area contributed by atoms with Crippen LogP contribution in [0.3, 0.4) is 0 Å². The summed E-state index contributed by atoms with van der Waals surface area (Å²) in [4.78, 5) is -0.0228. The Hall–Kier alpha value is -4.22. The highest BCUT2D eigenvalue weighted by Crippen LogP contribution is 2.30. The van der Waals surface area contributed by atoms with Crippen molar-refractivity contribution in [3.05, 3.63) is 130 Å². The number of benzene rings is 4. The second kappa shape index (κ2) is 12.1. The van der Waals surface area contributed by atoms with Crippen molar-refractivity contribution in [2.45, 2.75) is 23.7 Å². The summed E-state index contributed by atoms with van der Waals surface area (Å²) < 4.78 is 35.4. The van der Waals surface area contributed by atoms with Crippen LogP contribution in [0.25, 0.3) is 0 Å². The van der Waals surface area contributed by atoms with E-state index in [4.69, 9.17) is 22.1 Å². The molecule has 0 spiro atoms. The standard InChI is InChI=1S/C30H27ClN4O5S/c31-24-12-16-26(17-13-24)41(38,39)34-30(32)35-18-27(21-4-2-1-3-5-21)28(33-35)22-10-14-25(15-11-22)40-19-20-6-8-23(9-7-20)29(36)37/h1-17,27,29,36-37H,18-19H2,(H2,32,34). The van der Waals surface area contributed by atoms with Gasteiger partial charge in [-0.3, -0.25) is 0 Å².